The molecule has 0 aliphatic carbocycles. The lowest BCUT2D eigenvalue weighted by Gasteiger charge is -2.07. The number of hydrogen-bond donors (Lipinski definition) is 0. The first kappa shape index (κ1) is 15.5. The van der Waals surface area contributed by atoms with Crippen LogP contribution in [0.1, 0.15) is 5.56 Å². The van der Waals surface area contributed by atoms with Crippen molar-refractivity contribution in [3.05, 3.63) is 70.2 Å². The molecule has 2 aromatic rings. The lowest BCUT2D eigenvalue weighted by Crippen LogP contribution is -2.00. The van der Waals surface area contributed by atoms with Crippen LogP contribution in [0.2, 0.25) is 0 Å². The van der Waals surface area contributed by atoms with Gasteiger partial charge in [-0.3, -0.25) is 10.1 Å². The summed E-state index contributed by atoms with van der Waals surface area (Å²) >= 11 is 0. The van der Waals surface area contributed by atoms with Gasteiger partial charge in [-0.25, -0.2) is 4.39 Å². The molecule has 22 heavy (non-hydrogen) atoms. The summed E-state index contributed by atoms with van der Waals surface area (Å²) in [6.07, 6.45) is 3.38. The number of rotatable bonds is 5. The molecule has 0 fully saturated rings. The Morgan fingerprint density at radius 1 is 1.14 bits per heavy atom. The maximum atomic E-state index is 12.8. The minimum absolute atomic E-state index is 0.0577. The molecule has 0 unspecified atom stereocenters. The van der Waals surface area contributed by atoms with E-state index in [4.69, 9.17) is 4.74 Å². The van der Waals surface area contributed by atoms with E-state index in [1.54, 1.807) is 29.3 Å². The fraction of sp³-hybridized carbons (Fsp3) is 0.125. The topological polar surface area (TPSA) is 55.6 Å². The molecule has 0 saturated heterocycles. The van der Waals surface area contributed by atoms with E-state index in [0.717, 1.165) is 0 Å². The molecule has 5 nitrogen and oxygen atoms in total. The number of benzene rings is 2. The Morgan fingerprint density at radius 3 is 2.36 bits per heavy atom. The minimum atomic E-state index is -0.465. The summed E-state index contributed by atoms with van der Waals surface area (Å²) in [5.41, 5.74) is 0.419. The molecule has 0 heterocycles. The van der Waals surface area contributed by atoms with Crippen LogP contribution in [-0.4, -0.2) is 23.9 Å². The minimum Gasteiger partial charge on any atom is -0.457 e. The lowest BCUT2D eigenvalue weighted by atomic mass is 10.1. The predicted octanol–water partition coefficient (Wildman–Crippen LogP) is 4.06. The van der Waals surface area contributed by atoms with Crippen LogP contribution >= 0.6 is 0 Å². The number of hydrogen-bond acceptors (Lipinski definition) is 4. The highest BCUT2D eigenvalue weighted by Crippen LogP contribution is 2.29. The fourth-order valence-corrected chi connectivity index (χ4v) is 1.75. The molecular formula is C16H15FN2O3. The van der Waals surface area contributed by atoms with Crippen molar-refractivity contribution in [2.75, 3.05) is 14.1 Å². The van der Waals surface area contributed by atoms with Crippen molar-refractivity contribution < 1.29 is 14.1 Å². The van der Waals surface area contributed by atoms with Crippen LogP contribution in [-0.2, 0) is 0 Å². The molecule has 2 aromatic carbocycles. The molecule has 0 amide bonds. The predicted molar refractivity (Wildman–Crippen MR) is 82.3 cm³/mol. The van der Waals surface area contributed by atoms with Gasteiger partial charge in [-0.1, -0.05) is 0 Å². The van der Waals surface area contributed by atoms with Crippen molar-refractivity contribution in [3.63, 3.8) is 0 Å². The lowest BCUT2D eigenvalue weighted by molar-refractivity contribution is -0.385. The average Bonchev–Trinajstić information content (AvgIpc) is 2.48. The standard InChI is InChI=1S/C16H15FN2O3/c1-18(2)10-9-12-3-6-15(11-16(12)19(20)21)22-14-7-4-13(17)5-8-14/h3-11H,1-2H3/b10-9+. The normalized spacial score (nSPS) is 10.7. The van der Waals surface area contributed by atoms with Crippen molar-refractivity contribution in [1.82, 2.24) is 4.90 Å². The Bertz CT molecular complexity index is 697. The molecule has 0 atom stereocenters. The molecule has 0 N–H and O–H groups in total. The van der Waals surface area contributed by atoms with Gasteiger partial charge in [-0.2, -0.15) is 0 Å². The largest absolute Gasteiger partial charge is 0.457 e. The van der Waals surface area contributed by atoms with Crippen molar-refractivity contribution in [1.29, 1.82) is 0 Å². The fourth-order valence-electron chi connectivity index (χ4n) is 1.75. The molecule has 0 aliphatic rings. The number of halogens is 1. The van der Waals surface area contributed by atoms with Gasteiger partial charge in [0.05, 0.1) is 16.6 Å². The molecule has 6 heteroatoms. The number of nitrogens with zero attached hydrogens (tertiary/aromatic N) is 2. The van der Waals surface area contributed by atoms with E-state index in [0.29, 0.717) is 17.1 Å². The summed E-state index contributed by atoms with van der Waals surface area (Å²) < 4.78 is 18.3. The first-order valence-corrected chi connectivity index (χ1v) is 6.52. The van der Waals surface area contributed by atoms with Gasteiger partial charge in [-0.05, 0) is 48.7 Å². The molecule has 0 aliphatic heterocycles. The van der Waals surface area contributed by atoms with Gasteiger partial charge in [0.15, 0.2) is 0 Å². The zero-order valence-corrected chi connectivity index (χ0v) is 12.2. The van der Waals surface area contributed by atoms with Crippen molar-refractivity contribution in [3.8, 4) is 11.5 Å². The Hall–Kier alpha value is -2.89. The highest BCUT2D eigenvalue weighted by Gasteiger charge is 2.13. The van der Waals surface area contributed by atoms with Crippen LogP contribution in [0.3, 0.4) is 0 Å². The van der Waals surface area contributed by atoms with Gasteiger partial charge >= 0.3 is 0 Å². The molecule has 0 aromatic heterocycles. The molecule has 0 radical (unpaired) electrons. The quantitative estimate of drug-likeness (QED) is 0.617. The van der Waals surface area contributed by atoms with Gasteiger partial charge in [0.2, 0.25) is 0 Å². The van der Waals surface area contributed by atoms with Crippen LogP contribution in [0, 0.1) is 15.9 Å². The van der Waals surface area contributed by atoms with Crippen LogP contribution in [0.25, 0.3) is 6.08 Å². The third-order valence-corrected chi connectivity index (χ3v) is 2.80. The maximum Gasteiger partial charge on any atom is 0.280 e. The number of nitro benzene ring substituents is 1. The monoisotopic (exact) mass is 302 g/mol. The summed E-state index contributed by atoms with van der Waals surface area (Å²) in [5.74, 6) is 0.357. The number of ether oxygens (including phenoxy) is 1. The third-order valence-electron chi connectivity index (χ3n) is 2.80. The molecule has 2 rings (SSSR count). The Balaban J connectivity index is 2.29. The molecule has 0 bridgehead atoms. The van der Waals surface area contributed by atoms with E-state index in [-0.39, 0.29) is 11.5 Å². The van der Waals surface area contributed by atoms with Gasteiger partial charge < -0.3 is 9.64 Å². The van der Waals surface area contributed by atoms with E-state index in [1.165, 1.54) is 30.3 Å². The second-order valence-electron chi connectivity index (χ2n) is 4.81. The van der Waals surface area contributed by atoms with Crippen molar-refractivity contribution >= 4 is 11.8 Å². The molecular weight excluding hydrogens is 287 g/mol. The Morgan fingerprint density at radius 2 is 1.77 bits per heavy atom. The second kappa shape index (κ2) is 6.71. The van der Waals surface area contributed by atoms with E-state index < -0.39 is 4.92 Å². The molecule has 0 saturated carbocycles. The van der Waals surface area contributed by atoms with E-state index in [2.05, 4.69) is 0 Å². The maximum absolute atomic E-state index is 12.8. The van der Waals surface area contributed by atoms with Crippen molar-refractivity contribution in [2.24, 2.45) is 0 Å². The van der Waals surface area contributed by atoms with E-state index in [9.17, 15) is 14.5 Å². The molecule has 0 spiro atoms. The van der Waals surface area contributed by atoms with Gasteiger partial charge in [0, 0.05) is 14.1 Å². The summed E-state index contributed by atoms with van der Waals surface area (Å²) in [7, 11) is 3.66. The first-order chi connectivity index (χ1) is 10.5. The van der Waals surface area contributed by atoms with Gasteiger partial charge in [-0.15, -0.1) is 0 Å². The third kappa shape index (κ3) is 4.05. The summed E-state index contributed by atoms with van der Waals surface area (Å²) in [4.78, 5) is 12.5. The number of nitro groups is 1. The summed E-state index contributed by atoms with van der Waals surface area (Å²) in [6.45, 7) is 0. The van der Waals surface area contributed by atoms with Crippen LogP contribution in [0.15, 0.2) is 48.7 Å². The summed E-state index contributed by atoms with van der Waals surface area (Å²) in [5, 5.41) is 11.2. The highest BCUT2D eigenvalue weighted by atomic mass is 19.1. The van der Waals surface area contributed by atoms with Crippen LogP contribution in [0.5, 0.6) is 11.5 Å². The van der Waals surface area contributed by atoms with E-state index in [1.807, 2.05) is 14.1 Å². The first-order valence-electron chi connectivity index (χ1n) is 6.52. The average molecular weight is 302 g/mol. The zero-order chi connectivity index (χ0) is 16.1. The highest BCUT2D eigenvalue weighted by molar-refractivity contribution is 5.62. The van der Waals surface area contributed by atoms with Gasteiger partial charge in [0.25, 0.3) is 5.69 Å². The Kier molecular flexibility index (Phi) is 4.73. The van der Waals surface area contributed by atoms with Crippen molar-refractivity contribution in [2.45, 2.75) is 0 Å². The SMILES string of the molecule is CN(C)/C=C/c1ccc(Oc2ccc(F)cc2)cc1[N+](=O)[O-]. The van der Waals surface area contributed by atoms with Gasteiger partial charge in [0.1, 0.15) is 17.3 Å². The van der Waals surface area contributed by atoms with Crippen LogP contribution in [0.4, 0.5) is 10.1 Å². The zero-order valence-electron chi connectivity index (χ0n) is 12.2. The van der Waals surface area contributed by atoms with Crippen LogP contribution < -0.4 is 4.74 Å². The Labute approximate surface area is 127 Å². The summed E-state index contributed by atoms with van der Waals surface area (Å²) in [6, 6.07) is 10.0. The molecule has 114 valence electrons. The second-order valence-corrected chi connectivity index (χ2v) is 4.81. The van der Waals surface area contributed by atoms with E-state index >= 15 is 0 Å². The smallest absolute Gasteiger partial charge is 0.280 e.